The fraction of sp³-hybridized carbons (Fsp3) is 0.405. The van der Waals surface area contributed by atoms with Crippen LogP contribution in [-0.4, -0.2) is 90.6 Å². The molecule has 0 radical (unpaired) electrons. The summed E-state index contributed by atoms with van der Waals surface area (Å²) in [6.07, 6.45) is 5.71. The van der Waals surface area contributed by atoms with Crippen molar-refractivity contribution < 1.29 is 29.0 Å². The SMILES string of the molecule is CCCOC(=O)N[C@@H](C)C(=O)N1CCC[C@H]1c1ncc(-c2ccc(-c3ccc(-c4c[nH]c([C@@H]5CCCN5C(=O)[C@H](C)NC(=O)O)n4)cc3)cc2)[nH]1. The summed E-state index contributed by atoms with van der Waals surface area (Å²) in [5.74, 6) is 0.972. The Bertz CT molecular complexity index is 1850. The monoisotopic (exact) mass is 696 g/mol. The maximum absolute atomic E-state index is 13.2. The highest BCUT2D eigenvalue weighted by Gasteiger charge is 2.36. The van der Waals surface area contributed by atoms with E-state index in [9.17, 15) is 19.2 Å². The van der Waals surface area contributed by atoms with Gasteiger partial charge in [-0.3, -0.25) is 9.59 Å². The van der Waals surface area contributed by atoms with E-state index in [1.54, 1.807) is 29.8 Å². The molecule has 4 amide bonds. The molecule has 4 heterocycles. The number of carbonyl (C=O) groups is 4. The van der Waals surface area contributed by atoms with Crippen LogP contribution in [0.3, 0.4) is 0 Å². The molecule has 6 rings (SSSR count). The highest BCUT2D eigenvalue weighted by atomic mass is 16.5. The van der Waals surface area contributed by atoms with E-state index in [-0.39, 0.29) is 23.9 Å². The molecule has 2 aliphatic rings. The van der Waals surface area contributed by atoms with E-state index >= 15 is 0 Å². The number of rotatable bonds is 11. The van der Waals surface area contributed by atoms with Gasteiger partial charge in [0.25, 0.3) is 0 Å². The van der Waals surface area contributed by atoms with Crippen molar-refractivity contribution in [2.45, 2.75) is 77.0 Å². The normalized spacial score (nSPS) is 18.3. The van der Waals surface area contributed by atoms with E-state index < -0.39 is 24.3 Å². The van der Waals surface area contributed by atoms with Gasteiger partial charge in [-0.15, -0.1) is 0 Å². The molecule has 14 nitrogen and oxygen atoms in total. The number of benzene rings is 2. The molecule has 0 bridgehead atoms. The number of amides is 4. The van der Waals surface area contributed by atoms with Crippen LogP contribution in [0.1, 0.15) is 76.6 Å². The number of hydrogen-bond donors (Lipinski definition) is 5. The van der Waals surface area contributed by atoms with Gasteiger partial charge >= 0.3 is 12.2 Å². The molecule has 2 saturated heterocycles. The number of likely N-dealkylation sites (tertiary alicyclic amines) is 2. The van der Waals surface area contributed by atoms with Crippen molar-refractivity contribution in [3.63, 3.8) is 0 Å². The molecule has 14 heteroatoms. The fourth-order valence-corrected chi connectivity index (χ4v) is 6.83. The number of aromatic amines is 2. The van der Waals surface area contributed by atoms with Crippen LogP contribution in [-0.2, 0) is 14.3 Å². The first-order chi connectivity index (χ1) is 24.6. The minimum atomic E-state index is -1.23. The molecule has 0 saturated carbocycles. The number of H-pyrrole nitrogens is 2. The van der Waals surface area contributed by atoms with Gasteiger partial charge in [0.15, 0.2) is 0 Å². The van der Waals surface area contributed by atoms with Crippen LogP contribution in [0.4, 0.5) is 9.59 Å². The largest absolute Gasteiger partial charge is 0.465 e. The van der Waals surface area contributed by atoms with Crippen molar-refractivity contribution in [3.8, 4) is 33.6 Å². The molecule has 4 aromatic rings. The molecule has 4 atom stereocenters. The minimum absolute atomic E-state index is 0.165. The molecule has 2 fully saturated rings. The van der Waals surface area contributed by atoms with Gasteiger partial charge in [-0.05, 0) is 62.6 Å². The van der Waals surface area contributed by atoms with Crippen molar-refractivity contribution in [3.05, 3.63) is 72.6 Å². The summed E-state index contributed by atoms with van der Waals surface area (Å²) >= 11 is 0. The Morgan fingerprint density at radius 2 is 1.39 bits per heavy atom. The molecule has 5 N–H and O–H groups in total. The van der Waals surface area contributed by atoms with Gasteiger partial charge in [0.2, 0.25) is 11.8 Å². The van der Waals surface area contributed by atoms with Crippen LogP contribution in [0.2, 0.25) is 0 Å². The number of alkyl carbamates (subject to hydrolysis) is 1. The Balaban J connectivity index is 1.08. The zero-order valence-electron chi connectivity index (χ0n) is 29.0. The molecule has 2 aromatic heterocycles. The lowest BCUT2D eigenvalue weighted by Crippen LogP contribution is -2.47. The third-order valence-electron chi connectivity index (χ3n) is 9.46. The van der Waals surface area contributed by atoms with Gasteiger partial charge in [-0.1, -0.05) is 55.5 Å². The lowest BCUT2D eigenvalue weighted by molar-refractivity contribution is -0.134. The summed E-state index contributed by atoms with van der Waals surface area (Å²) in [4.78, 5) is 68.7. The van der Waals surface area contributed by atoms with E-state index in [4.69, 9.17) is 14.8 Å². The van der Waals surface area contributed by atoms with Crippen LogP contribution in [0.25, 0.3) is 33.6 Å². The summed E-state index contributed by atoms with van der Waals surface area (Å²) in [6, 6.07) is 14.3. The van der Waals surface area contributed by atoms with Crippen LogP contribution >= 0.6 is 0 Å². The number of ether oxygens (including phenoxy) is 1. The number of imidazole rings is 2. The lowest BCUT2D eigenvalue weighted by Gasteiger charge is -2.26. The van der Waals surface area contributed by atoms with Gasteiger partial charge in [0.1, 0.15) is 23.7 Å². The summed E-state index contributed by atoms with van der Waals surface area (Å²) in [6.45, 7) is 6.58. The van der Waals surface area contributed by atoms with Crippen LogP contribution < -0.4 is 10.6 Å². The number of hydrogen-bond acceptors (Lipinski definition) is 7. The molecule has 0 spiro atoms. The van der Waals surface area contributed by atoms with Crippen LogP contribution in [0.5, 0.6) is 0 Å². The quantitative estimate of drug-likeness (QED) is 0.133. The fourth-order valence-electron chi connectivity index (χ4n) is 6.83. The molecule has 0 unspecified atom stereocenters. The maximum Gasteiger partial charge on any atom is 0.407 e. The molecular formula is C37H44N8O6. The van der Waals surface area contributed by atoms with Gasteiger partial charge in [0, 0.05) is 24.8 Å². The maximum atomic E-state index is 13.2. The summed E-state index contributed by atoms with van der Waals surface area (Å²) in [5, 5.41) is 13.9. The Morgan fingerprint density at radius 1 is 0.843 bits per heavy atom. The summed E-state index contributed by atoms with van der Waals surface area (Å²) in [7, 11) is 0. The first kappa shape index (κ1) is 35.2. The number of aromatic nitrogens is 4. The average molecular weight is 697 g/mol. The van der Waals surface area contributed by atoms with E-state index in [1.165, 1.54) is 0 Å². The van der Waals surface area contributed by atoms with Crippen molar-refractivity contribution in [1.29, 1.82) is 0 Å². The molecule has 268 valence electrons. The van der Waals surface area contributed by atoms with Crippen molar-refractivity contribution in [2.75, 3.05) is 19.7 Å². The third-order valence-corrected chi connectivity index (χ3v) is 9.46. The second kappa shape index (κ2) is 15.5. The van der Waals surface area contributed by atoms with Gasteiger partial charge in [-0.25, -0.2) is 19.6 Å². The number of nitrogens with zero attached hydrogens (tertiary/aromatic N) is 4. The zero-order valence-corrected chi connectivity index (χ0v) is 29.0. The second-order valence-electron chi connectivity index (χ2n) is 13.1. The zero-order chi connectivity index (χ0) is 36.1. The minimum Gasteiger partial charge on any atom is -0.465 e. The van der Waals surface area contributed by atoms with Crippen LogP contribution in [0, 0.1) is 0 Å². The van der Waals surface area contributed by atoms with E-state index in [0.717, 1.165) is 65.1 Å². The topological polar surface area (TPSA) is 186 Å². The first-order valence-corrected chi connectivity index (χ1v) is 17.5. The summed E-state index contributed by atoms with van der Waals surface area (Å²) in [5.41, 5.74) is 5.60. The lowest BCUT2D eigenvalue weighted by atomic mass is 10.0. The molecule has 2 aliphatic heterocycles. The predicted octanol–water partition coefficient (Wildman–Crippen LogP) is 5.64. The second-order valence-corrected chi connectivity index (χ2v) is 13.1. The van der Waals surface area contributed by atoms with Crippen molar-refractivity contribution >= 4 is 24.0 Å². The number of carboxylic acid groups (broad SMARTS) is 1. The first-order valence-electron chi connectivity index (χ1n) is 17.5. The number of nitrogens with one attached hydrogen (secondary N) is 4. The standard InChI is InChI=1S/C37H44N8O6/c1-4-19-51-37(50)41-23(3)35(47)45-18-6-8-31(45)33-39-21-29(43-33)27-15-11-25(12-16-27)24-9-13-26(14-10-24)28-20-38-32(42-28)30-7-5-17-44(30)34(46)22(2)40-36(48)49/h9-16,20-23,30-31,40H,4-8,17-19H2,1-3H3,(H,38,42)(H,39,43)(H,41,50)(H,48,49)/t22-,23-,30-,31-/m0/s1. The molecule has 2 aromatic carbocycles. The van der Waals surface area contributed by atoms with Crippen molar-refractivity contribution in [1.82, 2.24) is 40.4 Å². The van der Waals surface area contributed by atoms with Gasteiger partial charge < -0.3 is 40.2 Å². The predicted molar refractivity (Wildman–Crippen MR) is 189 cm³/mol. The van der Waals surface area contributed by atoms with E-state index in [2.05, 4.69) is 37.7 Å². The molecule has 0 aliphatic carbocycles. The van der Waals surface area contributed by atoms with Crippen LogP contribution in [0.15, 0.2) is 60.9 Å². The van der Waals surface area contributed by atoms with Crippen molar-refractivity contribution in [2.24, 2.45) is 0 Å². The van der Waals surface area contributed by atoms with Gasteiger partial charge in [-0.2, -0.15) is 0 Å². The van der Waals surface area contributed by atoms with E-state index in [0.29, 0.717) is 31.9 Å². The van der Waals surface area contributed by atoms with Gasteiger partial charge in [0.05, 0.1) is 36.3 Å². The Morgan fingerprint density at radius 3 is 1.98 bits per heavy atom. The highest BCUT2D eigenvalue weighted by Crippen LogP contribution is 2.34. The molecular weight excluding hydrogens is 652 g/mol. The smallest absolute Gasteiger partial charge is 0.407 e. The highest BCUT2D eigenvalue weighted by molar-refractivity contribution is 5.86. The third kappa shape index (κ3) is 7.89. The summed E-state index contributed by atoms with van der Waals surface area (Å²) < 4.78 is 5.07. The average Bonchev–Trinajstić information content (AvgIpc) is 3.96. The van der Waals surface area contributed by atoms with E-state index in [1.807, 2.05) is 49.5 Å². The Kier molecular flexibility index (Phi) is 10.7. The Hall–Kier alpha value is -5.66. The molecule has 51 heavy (non-hydrogen) atoms. The number of carbonyl (C=O) groups excluding carboxylic acids is 3. The Labute approximate surface area is 296 Å².